The molecule has 0 saturated carbocycles. The fraction of sp³-hybridized carbons (Fsp3) is 0.429. The van der Waals surface area contributed by atoms with Crippen LogP contribution in [0.5, 0.6) is 5.75 Å². The maximum atomic E-state index is 13.7. The van der Waals surface area contributed by atoms with Crippen LogP contribution in [0, 0.1) is 19.8 Å². The number of fused-ring (bicyclic) bond motifs is 1. The number of benzene rings is 1. The van der Waals surface area contributed by atoms with Crippen LogP contribution in [0.4, 0.5) is 0 Å². The number of carbonyl (C=O) groups excluding carboxylic acids is 2. The molecule has 186 valence electrons. The number of nitrogens with zero attached hydrogens (tertiary/aromatic N) is 2. The summed E-state index contributed by atoms with van der Waals surface area (Å²) in [5.74, 6) is 1.04. The van der Waals surface area contributed by atoms with Gasteiger partial charge >= 0.3 is 0 Å². The van der Waals surface area contributed by atoms with Gasteiger partial charge in [-0.25, -0.2) is 0 Å². The molecule has 0 fully saturated rings. The smallest absolute Gasteiger partial charge is 0.290 e. The first-order valence-electron chi connectivity index (χ1n) is 12.3. The van der Waals surface area contributed by atoms with E-state index >= 15 is 0 Å². The summed E-state index contributed by atoms with van der Waals surface area (Å²) in [6.45, 7) is 9.78. The van der Waals surface area contributed by atoms with Crippen LogP contribution in [0.2, 0.25) is 0 Å². The van der Waals surface area contributed by atoms with Crippen molar-refractivity contribution in [1.29, 1.82) is 0 Å². The van der Waals surface area contributed by atoms with Gasteiger partial charge in [0.15, 0.2) is 5.76 Å². The van der Waals surface area contributed by atoms with E-state index in [4.69, 9.17) is 9.15 Å². The minimum absolute atomic E-state index is 0.0173. The Labute approximate surface area is 211 Å². The van der Waals surface area contributed by atoms with Crippen LogP contribution in [0.3, 0.4) is 0 Å². The van der Waals surface area contributed by atoms with Crippen molar-refractivity contribution < 1.29 is 18.7 Å². The summed E-state index contributed by atoms with van der Waals surface area (Å²) < 4.78 is 11.6. The number of hydrogen-bond donors (Lipinski definition) is 0. The first kappa shape index (κ1) is 25.0. The Hall–Kier alpha value is -3.06. The van der Waals surface area contributed by atoms with E-state index in [2.05, 4.69) is 38.3 Å². The minimum atomic E-state index is -0.250. The lowest BCUT2D eigenvalue weighted by Crippen LogP contribution is -2.48. The number of ether oxygens (including phenoxy) is 1. The molecule has 3 heterocycles. The second-order valence-electron chi connectivity index (χ2n) is 9.41. The first-order chi connectivity index (χ1) is 16.9. The molecule has 2 atom stereocenters. The van der Waals surface area contributed by atoms with Gasteiger partial charge < -0.3 is 19.0 Å². The van der Waals surface area contributed by atoms with E-state index in [-0.39, 0.29) is 36.1 Å². The molecule has 0 radical (unpaired) electrons. The third-order valence-corrected chi connectivity index (χ3v) is 7.71. The molecule has 0 saturated heterocycles. The third-order valence-electron chi connectivity index (χ3n) is 6.72. The van der Waals surface area contributed by atoms with E-state index in [1.165, 1.54) is 16.7 Å². The predicted octanol–water partition coefficient (Wildman–Crippen LogP) is 5.65. The van der Waals surface area contributed by atoms with Gasteiger partial charge in [-0.2, -0.15) is 0 Å². The summed E-state index contributed by atoms with van der Waals surface area (Å²) in [7, 11) is 0. The van der Waals surface area contributed by atoms with Crippen molar-refractivity contribution in [3.05, 3.63) is 75.4 Å². The largest absolute Gasteiger partial charge is 0.491 e. The standard InChI is InChI=1S/C28H34N2O4S/c1-5-19(2)16-29(28(32)25-7-6-13-33-25)17-27(31)30-12-10-26-22(11-14-35-26)23(30)18-34-24-9-8-20(3)15-21(24)4/h6-9,11,13-15,19,23H,5,10,12,16-18H2,1-4H3. The Kier molecular flexibility index (Phi) is 7.96. The number of rotatable bonds is 9. The Morgan fingerprint density at radius 1 is 1.26 bits per heavy atom. The summed E-state index contributed by atoms with van der Waals surface area (Å²) >= 11 is 1.73. The number of aryl methyl sites for hydroxylation is 2. The number of carbonyl (C=O) groups is 2. The van der Waals surface area contributed by atoms with Crippen molar-refractivity contribution in [1.82, 2.24) is 9.80 Å². The zero-order valence-corrected chi connectivity index (χ0v) is 21.8. The van der Waals surface area contributed by atoms with Gasteiger partial charge in [-0.15, -0.1) is 11.3 Å². The normalized spacial score (nSPS) is 16.0. The van der Waals surface area contributed by atoms with Crippen molar-refractivity contribution >= 4 is 23.2 Å². The zero-order chi connectivity index (χ0) is 24.9. The quantitative estimate of drug-likeness (QED) is 0.386. The van der Waals surface area contributed by atoms with Gasteiger partial charge in [0.05, 0.1) is 12.3 Å². The van der Waals surface area contributed by atoms with Gasteiger partial charge in [0, 0.05) is 18.0 Å². The average molecular weight is 495 g/mol. The summed E-state index contributed by atoms with van der Waals surface area (Å²) in [6.07, 6.45) is 3.22. The van der Waals surface area contributed by atoms with E-state index < -0.39 is 0 Å². The highest BCUT2D eigenvalue weighted by Crippen LogP contribution is 2.34. The van der Waals surface area contributed by atoms with Crippen LogP contribution in [-0.4, -0.2) is 47.9 Å². The Balaban J connectivity index is 1.54. The Morgan fingerprint density at radius 2 is 2.09 bits per heavy atom. The maximum Gasteiger partial charge on any atom is 0.290 e. The van der Waals surface area contributed by atoms with E-state index in [0.29, 0.717) is 19.7 Å². The predicted molar refractivity (Wildman–Crippen MR) is 138 cm³/mol. The first-order valence-corrected chi connectivity index (χ1v) is 13.1. The Morgan fingerprint density at radius 3 is 2.80 bits per heavy atom. The van der Waals surface area contributed by atoms with E-state index in [9.17, 15) is 9.59 Å². The number of amides is 2. The van der Waals surface area contributed by atoms with Gasteiger partial charge in [-0.3, -0.25) is 9.59 Å². The molecule has 0 aliphatic carbocycles. The lowest BCUT2D eigenvalue weighted by atomic mass is 10.00. The molecule has 1 aromatic carbocycles. The van der Waals surface area contributed by atoms with Crippen LogP contribution < -0.4 is 4.74 Å². The second-order valence-corrected chi connectivity index (χ2v) is 10.4. The molecule has 7 heteroatoms. The van der Waals surface area contributed by atoms with Crippen molar-refractivity contribution in [2.24, 2.45) is 5.92 Å². The highest BCUT2D eigenvalue weighted by molar-refractivity contribution is 7.10. The molecule has 3 aromatic rings. The van der Waals surface area contributed by atoms with E-state index in [0.717, 1.165) is 29.7 Å². The van der Waals surface area contributed by atoms with E-state index in [1.807, 2.05) is 24.0 Å². The molecule has 0 bridgehead atoms. The van der Waals surface area contributed by atoms with Crippen LogP contribution in [-0.2, 0) is 11.2 Å². The van der Waals surface area contributed by atoms with Gasteiger partial charge in [-0.05, 0) is 67.0 Å². The molecule has 2 unspecified atom stereocenters. The minimum Gasteiger partial charge on any atom is -0.491 e. The summed E-state index contributed by atoms with van der Waals surface area (Å²) in [5.41, 5.74) is 3.41. The van der Waals surface area contributed by atoms with Crippen molar-refractivity contribution in [2.45, 2.75) is 46.6 Å². The lowest BCUT2D eigenvalue weighted by Gasteiger charge is -2.37. The molecule has 1 aliphatic heterocycles. The number of furan rings is 1. The fourth-order valence-electron chi connectivity index (χ4n) is 4.54. The van der Waals surface area contributed by atoms with Crippen LogP contribution in [0.25, 0.3) is 0 Å². The SMILES string of the molecule is CCC(C)CN(CC(=O)N1CCc2sccc2C1COc1ccc(C)cc1C)C(=O)c1ccco1. The van der Waals surface area contributed by atoms with Crippen molar-refractivity contribution in [3.63, 3.8) is 0 Å². The number of hydrogen-bond acceptors (Lipinski definition) is 5. The highest BCUT2D eigenvalue weighted by Gasteiger charge is 2.34. The van der Waals surface area contributed by atoms with Crippen molar-refractivity contribution in [2.75, 3.05) is 26.2 Å². The van der Waals surface area contributed by atoms with E-state index in [1.54, 1.807) is 28.4 Å². The fourth-order valence-corrected chi connectivity index (χ4v) is 5.47. The molecule has 35 heavy (non-hydrogen) atoms. The second kappa shape index (κ2) is 11.1. The van der Waals surface area contributed by atoms with Crippen LogP contribution in [0.1, 0.15) is 58.4 Å². The van der Waals surface area contributed by atoms with Crippen LogP contribution >= 0.6 is 11.3 Å². The molecular formula is C28H34N2O4S. The van der Waals surface area contributed by atoms with Gasteiger partial charge in [0.1, 0.15) is 18.9 Å². The molecular weight excluding hydrogens is 460 g/mol. The lowest BCUT2D eigenvalue weighted by molar-refractivity contribution is -0.135. The summed E-state index contributed by atoms with van der Waals surface area (Å²) in [4.78, 5) is 31.6. The third kappa shape index (κ3) is 5.78. The molecule has 4 rings (SSSR count). The summed E-state index contributed by atoms with van der Waals surface area (Å²) in [5, 5.41) is 2.08. The monoisotopic (exact) mass is 494 g/mol. The Bertz CT molecular complexity index is 1150. The summed E-state index contributed by atoms with van der Waals surface area (Å²) in [6, 6.07) is 11.4. The van der Waals surface area contributed by atoms with Gasteiger partial charge in [0.25, 0.3) is 5.91 Å². The molecule has 0 spiro atoms. The topological polar surface area (TPSA) is 63.0 Å². The molecule has 2 aromatic heterocycles. The van der Waals surface area contributed by atoms with Gasteiger partial charge in [-0.1, -0.05) is 38.0 Å². The van der Waals surface area contributed by atoms with Crippen LogP contribution in [0.15, 0.2) is 52.5 Å². The van der Waals surface area contributed by atoms with Crippen molar-refractivity contribution in [3.8, 4) is 5.75 Å². The number of thiophene rings is 1. The molecule has 0 N–H and O–H groups in total. The molecule has 1 aliphatic rings. The average Bonchev–Trinajstić information content (AvgIpc) is 3.54. The molecule has 2 amide bonds. The zero-order valence-electron chi connectivity index (χ0n) is 21.0. The molecule has 6 nitrogen and oxygen atoms in total. The maximum absolute atomic E-state index is 13.7. The van der Waals surface area contributed by atoms with Gasteiger partial charge in [0.2, 0.25) is 5.91 Å². The highest BCUT2D eigenvalue weighted by atomic mass is 32.1.